The highest BCUT2D eigenvalue weighted by molar-refractivity contribution is 6.11. The second kappa shape index (κ2) is 9.59. The van der Waals surface area contributed by atoms with Crippen LogP contribution in [0.3, 0.4) is 0 Å². The summed E-state index contributed by atoms with van der Waals surface area (Å²) in [5, 5.41) is 2.49. The standard InChI is InChI=1S/C16H29B2NO6/c1-3-9-10(6-13(17)23-9)22-8-12-11(7-14(18)24-12)25-16(21)5-4-15(20)19-2/h9-14H,3-8,17-18H2,1-2H3,(H,19,20)/t9-,10-,11-,12-,13-,14-/m1/s1. The van der Waals surface area contributed by atoms with Crippen molar-refractivity contribution < 1.29 is 28.5 Å². The number of nitrogens with one attached hydrogen (secondary N) is 1. The molecule has 2 aliphatic heterocycles. The van der Waals surface area contributed by atoms with Crippen LogP contribution in [0.5, 0.6) is 0 Å². The van der Waals surface area contributed by atoms with Crippen molar-refractivity contribution in [3.63, 3.8) is 0 Å². The van der Waals surface area contributed by atoms with Crippen molar-refractivity contribution in [2.75, 3.05) is 13.7 Å². The smallest absolute Gasteiger partial charge is 0.306 e. The summed E-state index contributed by atoms with van der Waals surface area (Å²) in [7, 11) is 5.56. The average molecular weight is 353 g/mol. The minimum atomic E-state index is -0.374. The first kappa shape index (κ1) is 20.3. The van der Waals surface area contributed by atoms with Gasteiger partial charge in [-0.1, -0.05) is 6.92 Å². The van der Waals surface area contributed by atoms with Gasteiger partial charge in [-0.05, 0) is 12.8 Å². The van der Waals surface area contributed by atoms with E-state index in [4.69, 9.17) is 18.9 Å². The molecule has 0 aromatic heterocycles. The van der Waals surface area contributed by atoms with E-state index in [1.54, 1.807) is 7.05 Å². The molecule has 0 radical (unpaired) electrons. The Labute approximate surface area is 151 Å². The Morgan fingerprint density at radius 1 is 1.08 bits per heavy atom. The van der Waals surface area contributed by atoms with E-state index in [-0.39, 0.29) is 61.1 Å². The van der Waals surface area contributed by atoms with E-state index in [1.807, 2.05) is 7.85 Å². The largest absolute Gasteiger partial charge is 0.459 e. The maximum Gasteiger partial charge on any atom is 0.306 e. The fourth-order valence-electron chi connectivity index (χ4n) is 3.43. The van der Waals surface area contributed by atoms with Crippen molar-refractivity contribution in [2.45, 2.75) is 75.5 Å². The molecule has 1 N–H and O–H groups in total. The van der Waals surface area contributed by atoms with Crippen LogP contribution in [0, 0.1) is 0 Å². The lowest BCUT2D eigenvalue weighted by atomic mass is 9.95. The van der Waals surface area contributed by atoms with Crippen molar-refractivity contribution in [3.8, 4) is 0 Å². The number of hydrogen-bond donors (Lipinski definition) is 1. The summed E-state index contributed by atoms with van der Waals surface area (Å²) in [6, 6.07) is 0.225. The molecule has 2 aliphatic rings. The Hall–Kier alpha value is -1.05. The summed E-state index contributed by atoms with van der Waals surface area (Å²) in [5.74, 6) is -0.547. The van der Waals surface area contributed by atoms with Gasteiger partial charge in [0.2, 0.25) is 5.91 Å². The molecule has 0 spiro atoms. The summed E-state index contributed by atoms with van der Waals surface area (Å²) in [5.41, 5.74) is 0. The zero-order chi connectivity index (χ0) is 18.4. The summed E-state index contributed by atoms with van der Waals surface area (Å²) < 4.78 is 23.2. The van der Waals surface area contributed by atoms with Gasteiger partial charge < -0.3 is 24.3 Å². The molecule has 0 saturated carbocycles. The monoisotopic (exact) mass is 353 g/mol. The van der Waals surface area contributed by atoms with E-state index in [0.717, 1.165) is 12.8 Å². The van der Waals surface area contributed by atoms with Crippen LogP contribution in [0.25, 0.3) is 0 Å². The van der Waals surface area contributed by atoms with Crippen molar-refractivity contribution in [1.82, 2.24) is 5.32 Å². The summed E-state index contributed by atoms with van der Waals surface area (Å²) >= 11 is 0. The maximum atomic E-state index is 12.0. The third-order valence-electron chi connectivity index (χ3n) is 4.77. The Kier molecular flexibility index (Phi) is 7.78. The predicted molar refractivity (Wildman–Crippen MR) is 96.9 cm³/mol. The van der Waals surface area contributed by atoms with Gasteiger partial charge in [-0.15, -0.1) is 0 Å². The van der Waals surface area contributed by atoms with Crippen molar-refractivity contribution in [1.29, 1.82) is 0 Å². The normalized spacial score (nSPS) is 34.8. The number of esters is 1. The molecule has 6 atom stereocenters. The molecule has 25 heavy (non-hydrogen) atoms. The first-order valence-corrected chi connectivity index (χ1v) is 9.25. The molecule has 0 aromatic carbocycles. The Morgan fingerprint density at radius 3 is 2.36 bits per heavy atom. The number of carbonyl (C=O) groups excluding carboxylic acids is 2. The van der Waals surface area contributed by atoms with Crippen LogP contribution in [-0.2, 0) is 28.5 Å². The van der Waals surface area contributed by atoms with Gasteiger partial charge in [-0.25, -0.2) is 0 Å². The fourth-order valence-corrected chi connectivity index (χ4v) is 3.43. The molecular weight excluding hydrogens is 324 g/mol. The first-order valence-electron chi connectivity index (χ1n) is 9.25. The number of carbonyl (C=O) groups is 2. The molecule has 0 unspecified atom stereocenters. The second-order valence-electron chi connectivity index (χ2n) is 6.92. The van der Waals surface area contributed by atoms with Crippen LogP contribution in [0.2, 0.25) is 0 Å². The molecule has 2 fully saturated rings. The van der Waals surface area contributed by atoms with Gasteiger partial charge in [0.25, 0.3) is 0 Å². The lowest BCUT2D eigenvalue weighted by molar-refractivity contribution is -0.155. The molecule has 0 aromatic rings. The molecule has 1 amide bonds. The van der Waals surface area contributed by atoms with E-state index in [1.165, 1.54) is 0 Å². The zero-order valence-electron chi connectivity index (χ0n) is 15.7. The third kappa shape index (κ3) is 6.01. The summed E-state index contributed by atoms with van der Waals surface area (Å²) in [4.78, 5) is 23.2. The minimum absolute atomic E-state index is 0.0195. The highest BCUT2D eigenvalue weighted by Crippen LogP contribution is 2.27. The molecule has 0 aliphatic carbocycles. The lowest BCUT2D eigenvalue weighted by Crippen LogP contribution is -2.35. The highest BCUT2D eigenvalue weighted by Gasteiger charge is 2.38. The van der Waals surface area contributed by atoms with Crippen LogP contribution in [0.15, 0.2) is 0 Å². The molecule has 140 valence electrons. The van der Waals surface area contributed by atoms with Crippen molar-refractivity contribution >= 4 is 27.6 Å². The van der Waals surface area contributed by atoms with E-state index in [0.29, 0.717) is 13.0 Å². The van der Waals surface area contributed by atoms with E-state index < -0.39 is 0 Å². The van der Waals surface area contributed by atoms with Crippen LogP contribution >= 0.6 is 0 Å². The zero-order valence-corrected chi connectivity index (χ0v) is 15.7. The minimum Gasteiger partial charge on any atom is -0.459 e. The lowest BCUT2D eigenvalue weighted by Gasteiger charge is -2.23. The van der Waals surface area contributed by atoms with Gasteiger partial charge in [-0.3, -0.25) is 9.59 Å². The summed E-state index contributed by atoms with van der Waals surface area (Å²) in [6.07, 6.45) is 2.21. The van der Waals surface area contributed by atoms with E-state index >= 15 is 0 Å². The van der Waals surface area contributed by atoms with Crippen LogP contribution in [0.4, 0.5) is 0 Å². The van der Waals surface area contributed by atoms with Gasteiger partial charge >= 0.3 is 5.97 Å². The Bertz CT molecular complexity index is 466. The number of amides is 1. The van der Waals surface area contributed by atoms with Crippen LogP contribution in [-0.4, -0.2) is 77.6 Å². The fraction of sp³-hybridized carbons (Fsp3) is 0.875. The maximum absolute atomic E-state index is 12.0. The molecule has 0 bridgehead atoms. The number of ether oxygens (including phenoxy) is 4. The average Bonchev–Trinajstić information content (AvgIpc) is 3.12. The van der Waals surface area contributed by atoms with Gasteiger partial charge in [0.15, 0.2) is 0 Å². The topological polar surface area (TPSA) is 83.1 Å². The highest BCUT2D eigenvalue weighted by atomic mass is 16.6. The molecule has 2 rings (SSSR count). The Balaban J connectivity index is 1.80. The quantitative estimate of drug-likeness (QED) is 0.432. The predicted octanol–water partition coefficient (Wildman–Crippen LogP) is -1.28. The van der Waals surface area contributed by atoms with E-state index in [2.05, 4.69) is 20.1 Å². The van der Waals surface area contributed by atoms with Gasteiger partial charge in [0.05, 0.1) is 25.2 Å². The van der Waals surface area contributed by atoms with Crippen LogP contribution in [0.1, 0.15) is 39.0 Å². The third-order valence-corrected chi connectivity index (χ3v) is 4.77. The molecular formula is C16H29B2NO6. The van der Waals surface area contributed by atoms with Gasteiger partial charge in [0.1, 0.15) is 27.9 Å². The van der Waals surface area contributed by atoms with Crippen molar-refractivity contribution in [2.24, 2.45) is 0 Å². The Morgan fingerprint density at radius 2 is 1.72 bits per heavy atom. The van der Waals surface area contributed by atoms with Crippen molar-refractivity contribution in [3.05, 3.63) is 0 Å². The summed E-state index contributed by atoms with van der Waals surface area (Å²) in [6.45, 7) is 2.47. The van der Waals surface area contributed by atoms with Gasteiger partial charge in [-0.2, -0.15) is 0 Å². The SMILES string of the molecule is B[C@H]1C[C@@H](OC[C@H]2O[C@@H](B)C[C@H]2OC(=O)CCC(=O)NC)[C@@H](CC)O1. The number of hydrogen-bond acceptors (Lipinski definition) is 6. The second-order valence-corrected chi connectivity index (χ2v) is 6.92. The first-order chi connectivity index (χ1) is 11.9. The molecule has 2 heterocycles. The van der Waals surface area contributed by atoms with Crippen LogP contribution < -0.4 is 5.32 Å². The molecule has 9 heteroatoms. The van der Waals surface area contributed by atoms with Gasteiger partial charge in [0, 0.05) is 31.9 Å². The molecule has 7 nitrogen and oxygen atoms in total. The van der Waals surface area contributed by atoms with E-state index in [9.17, 15) is 9.59 Å². The number of rotatable bonds is 8. The molecule has 2 saturated heterocycles.